The summed E-state index contributed by atoms with van der Waals surface area (Å²) in [5.41, 5.74) is 3.80. The first-order valence-corrected chi connectivity index (χ1v) is 6.93. The van der Waals surface area contributed by atoms with Gasteiger partial charge in [-0.25, -0.2) is 4.98 Å². The quantitative estimate of drug-likeness (QED) is 0.522. The number of hydrogen-bond donors (Lipinski definition) is 0. The Bertz CT molecular complexity index is 885. The maximum absolute atomic E-state index is 11.0. The van der Waals surface area contributed by atoms with Crippen LogP contribution in [0.4, 0.5) is 5.69 Å². The molecule has 0 saturated carbocycles. The number of aryl methyl sites for hydroxylation is 1. The van der Waals surface area contributed by atoms with Crippen LogP contribution < -0.4 is 0 Å². The summed E-state index contributed by atoms with van der Waals surface area (Å²) in [6.07, 6.45) is 3.92. The number of nitro benzene ring substituents is 1. The number of hydrogen-bond acceptors (Lipinski definition) is 3. The molecule has 0 N–H and O–H groups in total. The van der Waals surface area contributed by atoms with Crippen molar-refractivity contribution in [2.24, 2.45) is 0 Å². The Balaban J connectivity index is 2.00. The minimum absolute atomic E-state index is 0.0828. The van der Waals surface area contributed by atoms with Crippen molar-refractivity contribution in [3.63, 3.8) is 0 Å². The molecule has 4 heteroatoms. The Morgan fingerprint density at radius 3 is 2.59 bits per heavy atom. The molecule has 3 rings (SSSR count). The van der Waals surface area contributed by atoms with Crippen LogP contribution >= 0.6 is 0 Å². The van der Waals surface area contributed by atoms with Gasteiger partial charge in [0, 0.05) is 6.07 Å². The molecule has 3 aromatic rings. The van der Waals surface area contributed by atoms with E-state index in [1.165, 1.54) is 11.6 Å². The summed E-state index contributed by atoms with van der Waals surface area (Å²) in [6, 6.07) is 16.6. The molecule has 0 radical (unpaired) electrons. The van der Waals surface area contributed by atoms with Crippen LogP contribution in [0.15, 0.2) is 54.6 Å². The first-order chi connectivity index (χ1) is 10.6. The largest absolute Gasteiger partial charge is 0.278 e. The first kappa shape index (κ1) is 13.9. The van der Waals surface area contributed by atoms with Crippen LogP contribution in [0.1, 0.15) is 16.8 Å². The van der Waals surface area contributed by atoms with Crippen molar-refractivity contribution in [1.82, 2.24) is 4.98 Å². The molecule has 0 spiro atoms. The third kappa shape index (κ3) is 2.72. The highest BCUT2D eigenvalue weighted by molar-refractivity contribution is 5.89. The van der Waals surface area contributed by atoms with Crippen molar-refractivity contribution in [3.05, 3.63) is 81.5 Å². The first-order valence-electron chi connectivity index (χ1n) is 6.93. The third-order valence-corrected chi connectivity index (χ3v) is 3.55. The highest BCUT2D eigenvalue weighted by Gasteiger charge is 2.11. The molecule has 0 saturated heterocycles. The average molecular weight is 290 g/mol. The Kier molecular flexibility index (Phi) is 3.66. The van der Waals surface area contributed by atoms with E-state index in [1.54, 1.807) is 24.3 Å². The molecular formula is C18H14N2O2. The van der Waals surface area contributed by atoms with Crippen molar-refractivity contribution < 1.29 is 4.92 Å². The van der Waals surface area contributed by atoms with E-state index in [2.05, 4.69) is 18.0 Å². The number of nitrogens with zero attached hydrogens (tertiary/aromatic N) is 2. The zero-order valence-corrected chi connectivity index (χ0v) is 12.1. The predicted molar refractivity (Wildman–Crippen MR) is 88.5 cm³/mol. The minimum Gasteiger partial charge on any atom is -0.258 e. The van der Waals surface area contributed by atoms with Gasteiger partial charge in [-0.2, -0.15) is 0 Å². The number of benzene rings is 2. The molecule has 0 unspecified atom stereocenters. The summed E-state index contributed by atoms with van der Waals surface area (Å²) in [6.45, 7) is 2.05. The van der Waals surface area contributed by atoms with Gasteiger partial charge in [0.05, 0.1) is 21.5 Å². The summed E-state index contributed by atoms with van der Waals surface area (Å²) < 4.78 is 0. The highest BCUT2D eigenvalue weighted by Crippen LogP contribution is 2.24. The van der Waals surface area contributed by atoms with E-state index in [4.69, 9.17) is 0 Å². The third-order valence-electron chi connectivity index (χ3n) is 3.55. The van der Waals surface area contributed by atoms with E-state index < -0.39 is 0 Å². The van der Waals surface area contributed by atoms with Gasteiger partial charge in [-0.05, 0) is 42.3 Å². The van der Waals surface area contributed by atoms with Crippen LogP contribution in [-0.2, 0) is 0 Å². The number of non-ortho nitro benzene ring substituents is 1. The molecular weight excluding hydrogens is 276 g/mol. The molecule has 2 aromatic carbocycles. The van der Waals surface area contributed by atoms with Crippen LogP contribution in [0.25, 0.3) is 23.1 Å². The van der Waals surface area contributed by atoms with Gasteiger partial charge < -0.3 is 0 Å². The summed E-state index contributed by atoms with van der Waals surface area (Å²) in [5.74, 6) is 0. The van der Waals surface area contributed by atoms with Crippen LogP contribution in [0, 0.1) is 17.0 Å². The molecule has 0 aliphatic carbocycles. The summed E-state index contributed by atoms with van der Waals surface area (Å²) in [4.78, 5) is 15.1. The Morgan fingerprint density at radius 1 is 1.00 bits per heavy atom. The van der Waals surface area contributed by atoms with Gasteiger partial charge in [0.15, 0.2) is 0 Å². The van der Waals surface area contributed by atoms with E-state index in [-0.39, 0.29) is 10.6 Å². The second-order valence-corrected chi connectivity index (χ2v) is 5.03. The van der Waals surface area contributed by atoms with Crippen LogP contribution in [0.3, 0.4) is 0 Å². The van der Waals surface area contributed by atoms with Gasteiger partial charge in [-0.15, -0.1) is 0 Å². The minimum atomic E-state index is -0.382. The SMILES string of the molecule is Cc1ccccc1/C=C/c1ccc2c([N+](=O)[O-])cccc2n1. The number of aromatic nitrogens is 1. The zero-order chi connectivity index (χ0) is 15.5. The maximum Gasteiger partial charge on any atom is 0.278 e. The lowest BCUT2D eigenvalue weighted by molar-refractivity contribution is -0.383. The van der Waals surface area contributed by atoms with E-state index in [0.717, 1.165) is 11.3 Å². The second kappa shape index (κ2) is 5.77. The van der Waals surface area contributed by atoms with Gasteiger partial charge in [0.1, 0.15) is 0 Å². The number of nitro groups is 1. The van der Waals surface area contributed by atoms with Crippen molar-refractivity contribution in [3.8, 4) is 0 Å². The topological polar surface area (TPSA) is 56.0 Å². The number of pyridine rings is 1. The average Bonchev–Trinajstić information content (AvgIpc) is 2.53. The summed E-state index contributed by atoms with van der Waals surface area (Å²) >= 11 is 0. The molecule has 1 heterocycles. The molecule has 108 valence electrons. The fourth-order valence-corrected chi connectivity index (χ4v) is 2.36. The smallest absolute Gasteiger partial charge is 0.258 e. The standard InChI is InChI=1S/C18H14N2O2/c1-13-5-2-3-6-14(13)9-10-15-11-12-16-17(19-15)7-4-8-18(16)20(21)22/h2-12H,1H3/b10-9+. The summed E-state index contributed by atoms with van der Waals surface area (Å²) in [7, 11) is 0. The van der Waals surface area contributed by atoms with E-state index in [0.29, 0.717) is 10.9 Å². The lowest BCUT2D eigenvalue weighted by Gasteiger charge is -2.01. The van der Waals surface area contributed by atoms with Crippen molar-refractivity contribution in [2.45, 2.75) is 6.92 Å². The van der Waals surface area contributed by atoms with Gasteiger partial charge in [0.2, 0.25) is 0 Å². The number of rotatable bonds is 3. The van der Waals surface area contributed by atoms with Crippen LogP contribution in [0.5, 0.6) is 0 Å². The van der Waals surface area contributed by atoms with Gasteiger partial charge in [-0.3, -0.25) is 10.1 Å². The van der Waals surface area contributed by atoms with Gasteiger partial charge in [0.25, 0.3) is 5.69 Å². The highest BCUT2D eigenvalue weighted by atomic mass is 16.6. The van der Waals surface area contributed by atoms with Crippen molar-refractivity contribution >= 4 is 28.7 Å². The molecule has 0 fully saturated rings. The molecule has 1 aromatic heterocycles. The predicted octanol–water partition coefficient (Wildman–Crippen LogP) is 4.62. The normalized spacial score (nSPS) is 11.1. The Labute approximate surface area is 127 Å². The van der Waals surface area contributed by atoms with Gasteiger partial charge in [-0.1, -0.05) is 36.4 Å². The van der Waals surface area contributed by atoms with E-state index in [9.17, 15) is 10.1 Å². The lowest BCUT2D eigenvalue weighted by Crippen LogP contribution is -1.91. The van der Waals surface area contributed by atoms with Crippen molar-refractivity contribution in [1.29, 1.82) is 0 Å². The molecule has 4 nitrogen and oxygen atoms in total. The monoisotopic (exact) mass is 290 g/mol. The van der Waals surface area contributed by atoms with E-state index >= 15 is 0 Å². The van der Waals surface area contributed by atoms with E-state index in [1.807, 2.05) is 30.4 Å². The van der Waals surface area contributed by atoms with Crippen molar-refractivity contribution in [2.75, 3.05) is 0 Å². The molecule has 0 bridgehead atoms. The van der Waals surface area contributed by atoms with Crippen LogP contribution in [-0.4, -0.2) is 9.91 Å². The fourth-order valence-electron chi connectivity index (χ4n) is 2.36. The Morgan fingerprint density at radius 2 is 1.82 bits per heavy atom. The lowest BCUT2D eigenvalue weighted by atomic mass is 10.1. The fraction of sp³-hybridized carbons (Fsp3) is 0.0556. The van der Waals surface area contributed by atoms with Gasteiger partial charge >= 0.3 is 0 Å². The second-order valence-electron chi connectivity index (χ2n) is 5.03. The molecule has 0 aliphatic rings. The molecule has 0 atom stereocenters. The zero-order valence-electron chi connectivity index (χ0n) is 12.1. The maximum atomic E-state index is 11.0. The molecule has 0 amide bonds. The number of fused-ring (bicyclic) bond motifs is 1. The summed E-state index contributed by atoms with van der Waals surface area (Å²) in [5, 5.41) is 11.6. The molecule has 0 aliphatic heterocycles. The Hall–Kier alpha value is -3.01. The molecule has 22 heavy (non-hydrogen) atoms. The van der Waals surface area contributed by atoms with Crippen LogP contribution in [0.2, 0.25) is 0 Å².